The lowest BCUT2D eigenvalue weighted by atomic mass is 10.1. The van der Waals surface area contributed by atoms with Gasteiger partial charge in [0.15, 0.2) is 5.13 Å². The second-order valence-electron chi connectivity index (χ2n) is 6.92. The van der Waals surface area contributed by atoms with Crippen molar-refractivity contribution in [2.24, 2.45) is 0 Å². The van der Waals surface area contributed by atoms with Crippen LogP contribution in [-0.2, 0) is 22.9 Å². The van der Waals surface area contributed by atoms with Crippen molar-refractivity contribution < 1.29 is 13.2 Å². The zero-order chi connectivity index (χ0) is 20.4. The molecule has 0 saturated carbocycles. The number of fused-ring (bicyclic) bond motifs is 1. The summed E-state index contributed by atoms with van der Waals surface area (Å²) in [7, 11) is -3.40. The number of aromatic nitrogens is 1. The predicted octanol–water partition coefficient (Wildman–Crippen LogP) is 4.31. The molecule has 150 valence electrons. The molecule has 0 radical (unpaired) electrons. The van der Waals surface area contributed by atoms with Gasteiger partial charge in [0.25, 0.3) is 5.91 Å². The Morgan fingerprint density at radius 3 is 2.79 bits per heavy atom. The number of hydrogen-bond donors (Lipinski definition) is 2. The normalized spacial score (nSPS) is 13.1. The van der Waals surface area contributed by atoms with E-state index in [4.69, 9.17) is 0 Å². The molecule has 0 unspecified atom stereocenters. The average molecular weight is 428 g/mol. The van der Waals surface area contributed by atoms with Crippen molar-refractivity contribution in [3.63, 3.8) is 0 Å². The van der Waals surface area contributed by atoms with Crippen LogP contribution in [0, 0.1) is 0 Å². The lowest BCUT2D eigenvalue weighted by molar-refractivity contribution is 0.102. The molecule has 1 aliphatic rings. The van der Waals surface area contributed by atoms with Gasteiger partial charge in [-0.15, -0.1) is 11.3 Å². The largest absolute Gasteiger partial charge is 0.298 e. The third kappa shape index (κ3) is 4.49. The highest BCUT2D eigenvalue weighted by Gasteiger charge is 2.15. The first-order chi connectivity index (χ1) is 13.9. The van der Waals surface area contributed by atoms with Gasteiger partial charge >= 0.3 is 0 Å². The van der Waals surface area contributed by atoms with Crippen molar-refractivity contribution in [2.75, 3.05) is 15.8 Å². The number of rotatable bonds is 6. The minimum Gasteiger partial charge on any atom is -0.298 e. The zero-order valence-electron chi connectivity index (χ0n) is 15.9. The van der Waals surface area contributed by atoms with E-state index in [-0.39, 0.29) is 11.7 Å². The highest BCUT2D eigenvalue weighted by molar-refractivity contribution is 7.92. The highest BCUT2D eigenvalue weighted by Crippen LogP contribution is 2.30. The lowest BCUT2D eigenvalue weighted by Crippen LogP contribution is -2.16. The van der Waals surface area contributed by atoms with Crippen molar-refractivity contribution in [3.05, 3.63) is 64.5 Å². The number of benzene rings is 2. The molecule has 0 fully saturated rings. The van der Waals surface area contributed by atoms with Crippen LogP contribution in [0.4, 0.5) is 10.8 Å². The molecule has 2 N–H and O–H groups in total. The fraction of sp³-hybridized carbons (Fsp3) is 0.238. The average Bonchev–Trinajstić information content (AvgIpc) is 3.36. The third-order valence-electron chi connectivity index (χ3n) is 4.90. The Hall–Kier alpha value is -2.71. The molecule has 1 heterocycles. The van der Waals surface area contributed by atoms with Crippen LogP contribution in [0.25, 0.3) is 11.3 Å². The van der Waals surface area contributed by atoms with Crippen LogP contribution in [0.2, 0.25) is 0 Å². The van der Waals surface area contributed by atoms with Gasteiger partial charge < -0.3 is 0 Å². The summed E-state index contributed by atoms with van der Waals surface area (Å²) in [4.78, 5) is 17.1. The number of aryl methyl sites for hydroxylation is 2. The number of thiazole rings is 1. The molecule has 0 atom stereocenters. The molecule has 1 amide bonds. The monoisotopic (exact) mass is 427 g/mol. The number of nitrogens with one attached hydrogen (secondary N) is 2. The van der Waals surface area contributed by atoms with E-state index in [1.807, 2.05) is 5.38 Å². The van der Waals surface area contributed by atoms with Crippen LogP contribution in [-0.4, -0.2) is 25.1 Å². The maximum absolute atomic E-state index is 12.6. The maximum atomic E-state index is 12.6. The number of anilines is 2. The van der Waals surface area contributed by atoms with E-state index < -0.39 is 10.0 Å². The Morgan fingerprint density at radius 1 is 1.14 bits per heavy atom. The Morgan fingerprint density at radius 2 is 1.97 bits per heavy atom. The molecule has 0 aliphatic heterocycles. The molecular formula is C21H21N3O3S2. The summed E-state index contributed by atoms with van der Waals surface area (Å²) in [6.45, 7) is 1.56. The summed E-state index contributed by atoms with van der Waals surface area (Å²) in [5.41, 5.74) is 5.40. The van der Waals surface area contributed by atoms with Gasteiger partial charge in [0, 0.05) is 22.2 Å². The minimum atomic E-state index is -3.40. The molecule has 4 rings (SSSR count). The van der Waals surface area contributed by atoms with Gasteiger partial charge in [0.1, 0.15) is 0 Å². The van der Waals surface area contributed by atoms with E-state index in [1.54, 1.807) is 25.1 Å². The second kappa shape index (κ2) is 7.96. The van der Waals surface area contributed by atoms with Gasteiger partial charge in [0.05, 0.1) is 11.4 Å². The summed E-state index contributed by atoms with van der Waals surface area (Å²) < 4.78 is 25.9. The minimum absolute atomic E-state index is 0.0337. The summed E-state index contributed by atoms with van der Waals surface area (Å²) in [5, 5.41) is 5.23. The zero-order valence-corrected chi connectivity index (χ0v) is 17.6. The number of hydrogen-bond acceptors (Lipinski definition) is 5. The molecule has 6 nitrogen and oxygen atoms in total. The quantitative estimate of drug-likeness (QED) is 0.613. The van der Waals surface area contributed by atoms with Crippen molar-refractivity contribution >= 4 is 38.1 Å². The predicted molar refractivity (Wildman–Crippen MR) is 117 cm³/mol. The topological polar surface area (TPSA) is 88.2 Å². The van der Waals surface area contributed by atoms with Gasteiger partial charge in [-0.05, 0) is 61.6 Å². The SMILES string of the molecule is CCS(=O)(=O)Nc1cccc(C(=O)Nc2nc(-c3ccc4c(c3)CCC4)cs2)c1. The smallest absolute Gasteiger partial charge is 0.257 e. The maximum Gasteiger partial charge on any atom is 0.257 e. The van der Waals surface area contributed by atoms with E-state index in [9.17, 15) is 13.2 Å². The summed E-state index contributed by atoms with van der Waals surface area (Å²) in [5.74, 6) is -0.369. The molecule has 8 heteroatoms. The molecule has 0 saturated heterocycles. The van der Waals surface area contributed by atoms with Crippen LogP contribution in [0.5, 0.6) is 0 Å². The highest BCUT2D eigenvalue weighted by atomic mass is 32.2. The van der Waals surface area contributed by atoms with Crippen LogP contribution in [0.15, 0.2) is 47.8 Å². The number of carbonyl (C=O) groups excluding carboxylic acids is 1. The van der Waals surface area contributed by atoms with Crippen LogP contribution >= 0.6 is 11.3 Å². The van der Waals surface area contributed by atoms with E-state index in [2.05, 4.69) is 33.2 Å². The summed E-state index contributed by atoms with van der Waals surface area (Å²) in [6.07, 6.45) is 3.45. The summed E-state index contributed by atoms with van der Waals surface area (Å²) in [6, 6.07) is 12.8. The van der Waals surface area contributed by atoms with Crippen molar-refractivity contribution in [1.29, 1.82) is 0 Å². The first-order valence-corrected chi connectivity index (χ1v) is 12.0. The lowest BCUT2D eigenvalue weighted by Gasteiger charge is -2.08. The first-order valence-electron chi connectivity index (χ1n) is 9.43. The van der Waals surface area contributed by atoms with Crippen LogP contribution in [0.1, 0.15) is 34.8 Å². The Labute approximate surface area is 174 Å². The van der Waals surface area contributed by atoms with Gasteiger partial charge in [-0.1, -0.05) is 18.2 Å². The molecule has 3 aromatic rings. The van der Waals surface area contributed by atoms with Gasteiger partial charge in [-0.3, -0.25) is 14.8 Å². The second-order valence-corrected chi connectivity index (χ2v) is 9.78. The molecule has 2 aromatic carbocycles. The van der Waals surface area contributed by atoms with Crippen LogP contribution in [0.3, 0.4) is 0 Å². The Kier molecular flexibility index (Phi) is 5.38. The molecule has 1 aromatic heterocycles. The molecule has 0 spiro atoms. The van der Waals surface area contributed by atoms with Crippen molar-refractivity contribution in [2.45, 2.75) is 26.2 Å². The number of amides is 1. The first kappa shape index (κ1) is 19.6. The fourth-order valence-corrected chi connectivity index (χ4v) is 4.68. The Bertz CT molecular complexity index is 1170. The number of sulfonamides is 1. The van der Waals surface area contributed by atoms with Crippen molar-refractivity contribution in [3.8, 4) is 11.3 Å². The molecule has 1 aliphatic carbocycles. The van der Waals surface area contributed by atoms with E-state index in [1.165, 1.54) is 35.0 Å². The van der Waals surface area contributed by atoms with Gasteiger partial charge in [-0.2, -0.15) is 0 Å². The Balaban J connectivity index is 1.48. The molecule has 29 heavy (non-hydrogen) atoms. The third-order valence-corrected chi connectivity index (χ3v) is 6.96. The molecule has 0 bridgehead atoms. The van der Waals surface area contributed by atoms with Crippen LogP contribution < -0.4 is 10.0 Å². The standard InChI is InChI=1S/C21H21N3O3S2/c1-2-29(26,27)24-18-8-4-7-17(12-18)20(25)23-21-22-19(13-28-21)16-10-9-14-5-3-6-15(14)11-16/h4,7-13,24H,2-3,5-6H2,1H3,(H,22,23,25). The van der Waals surface area contributed by atoms with E-state index in [0.717, 1.165) is 24.1 Å². The molecular weight excluding hydrogens is 406 g/mol. The number of nitrogens with zero attached hydrogens (tertiary/aromatic N) is 1. The fourth-order valence-electron chi connectivity index (χ4n) is 3.34. The van der Waals surface area contributed by atoms with E-state index >= 15 is 0 Å². The summed E-state index contributed by atoms with van der Waals surface area (Å²) >= 11 is 1.36. The number of carbonyl (C=O) groups is 1. The van der Waals surface area contributed by atoms with Gasteiger partial charge in [0.2, 0.25) is 10.0 Å². The van der Waals surface area contributed by atoms with E-state index in [0.29, 0.717) is 16.4 Å². The van der Waals surface area contributed by atoms with Crippen molar-refractivity contribution in [1.82, 2.24) is 4.98 Å². The van der Waals surface area contributed by atoms with Gasteiger partial charge in [-0.25, -0.2) is 13.4 Å².